The molecule has 0 radical (unpaired) electrons. The fourth-order valence-corrected chi connectivity index (χ4v) is 2.45. The van der Waals surface area contributed by atoms with Crippen LogP contribution in [-0.2, 0) is 4.65 Å². The molecular weight excluding hydrogens is 251 g/mol. The number of fused-ring (bicyclic) bond motifs is 1. The number of methoxy groups -OCH3 is 1. The van der Waals surface area contributed by atoms with Crippen LogP contribution in [0.1, 0.15) is 25.0 Å². The SMILES string of the molecule is CCC1OB(c2ccccc2)Oc2cc(OC)ccc21. The van der Waals surface area contributed by atoms with Crippen LogP contribution < -0.4 is 14.9 Å². The summed E-state index contributed by atoms with van der Waals surface area (Å²) in [4.78, 5) is 0. The van der Waals surface area contributed by atoms with Crippen molar-refractivity contribution >= 4 is 12.6 Å². The highest BCUT2D eigenvalue weighted by Crippen LogP contribution is 2.37. The predicted molar refractivity (Wildman–Crippen MR) is 79.6 cm³/mol. The molecule has 102 valence electrons. The normalized spacial score (nSPS) is 17.3. The van der Waals surface area contributed by atoms with Gasteiger partial charge in [0.25, 0.3) is 0 Å². The molecule has 1 unspecified atom stereocenters. The maximum absolute atomic E-state index is 6.06. The van der Waals surface area contributed by atoms with Crippen molar-refractivity contribution < 1.29 is 14.0 Å². The number of benzene rings is 2. The van der Waals surface area contributed by atoms with E-state index < -0.39 is 0 Å². The van der Waals surface area contributed by atoms with Crippen molar-refractivity contribution in [2.75, 3.05) is 7.11 Å². The van der Waals surface area contributed by atoms with Gasteiger partial charge in [0, 0.05) is 11.6 Å². The predicted octanol–water partition coefficient (Wildman–Crippen LogP) is 2.95. The third kappa shape index (κ3) is 2.39. The molecule has 3 nitrogen and oxygen atoms in total. The van der Waals surface area contributed by atoms with Gasteiger partial charge in [0.2, 0.25) is 0 Å². The number of hydrogen-bond acceptors (Lipinski definition) is 3. The molecule has 0 saturated carbocycles. The van der Waals surface area contributed by atoms with Crippen LogP contribution in [0.4, 0.5) is 0 Å². The molecule has 0 aromatic heterocycles. The first-order valence-electron chi connectivity index (χ1n) is 6.87. The standard InChI is InChI=1S/C16H17BO3/c1-3-15-14-10-9-13(18-2)11-16(14)20-17(19-15)12-7-5-4-6-8-12/h4-11,15H,3H2,1-2H3. The number of hydrogen-bond donors (Lipinski definition) is 0. The van der Waals surface area contributed by atoms with Crippen LogP contribution in [0.5, 0.6) is 11.5 Å². The summed E-state index contributed by atoms with van der Waals surface area (Å²) in [7, 11) is 1.30. The quantitative estimate of drug-likeness (QED) is 0.801. The lowest BCUT2D eigenvalue weighted by Crippen LogP contribution is -2.43. The molecule has 1 atom stereocenters. The Morgan fingerprint density at radius 3 is 2.65 bits per heavy atom. The Kier molecular flexibility index (Phi) is 3.65. The van der Waals surface area contributed by atoms with Crippen LogP contribution in [0.3, 0.4) is 0 Å². The van der Waals surface area contributed by atoms with Gasteiger partial charge in [-0.05, 0) is 24.0 Å². The van der Waals surface area contributed by atoms with Gasteiger partial charge in [-0.25, -0.2) is 0 Å². The van der Waals surface area contributed by atoms with Crippen LogP contribution in [-0.4, -0.2) is 14.2 Å². The molecule has 2 aromatic carbocycles. The van der Waals surface area contributed by atoms with Gasteiger partial charge < -0.3 is 14.0 Å². The second-order valence-electron chi connectivity index (χ2n) is 4.80. The van der Waals surface area contributed by atoms with E-state index in [-0.39, 0.29) is 13.2 Å². The maximum atomic E-state index is 6.06. The Bertz CT molecular complexity index is 586. The largest absolute Gasteiger partial charge is 0.563 e. The summed E-state index contributed by atoms with van der Waals surface area (Å²) in [6.45, 7) is 2.12. The van der Waals surface area contributed by atoms with E-state index in [1.165, 1.54) is 0 Å². The Balaban J connectivity index is 1.96. The van der Waals surface area contributed by atoms with Crippen LogP contribution in [0.2, 0.25) is 0 Å². The highest BCUT2D eigenvalue weighted by Gasteiger charge is 2.34. The van der Waals surface area contributed by atoms with E-state index in [0.29, 0.717) is 0 Å². The van der Waals surface area contributed by atoms with Gasteiger partial charge >= 0.3 is 7.12 Å². The Morgan fingerprint density at radius 1 is 1.15 bits per heavy atom. The van der Waals surface area contributed by atoms with Gasteiger partial charge in [-0.3, -0.25) is 0 Å². The maximum Gasteiger partial charge on any atom is 0.563 e. The minimum atomic E-state index is -0.360. The lowest BCUT2D eigenvalue weighted by molar-refractivity contribution is 0.153. The molecule has 0 N–H and O–H groups in total. The molecule has 1 aliphatic heterocycles. The molecule has 1 heterocycles. The van der Waals surface area contributed by atoms with E-state index in [4.69, 9.17) is 14.0 Å². The third-order valence-electron chi connectivity index (χ3n) is 3.53. The van der Waals surface area contributed by atoms with E-state index in [1.54, 1.807) is 7.11 Å². The van der Waals surface area contributed by atoms with Gasteiger partial charge in [0.15, 0.2) is 0 Å². The van der Waals surface area contributed by atoms with Crippen molar-refractivity contribution in [1.82, 2.24) is 0 Å². The van der Waals surface area contributed by atoms with Crippen molar-refractivity contribution in [2.45, 2.75) is 19.4 Å². The molecule has 0 saturated heterocycles. The highest BCUT2D eigenvalue weighted by atomic mass is 16.6. The minimum Gasteiger partial charge on any atom is -0.532 e. The molecule has 0 fully saturated rings. The Morgan fingerprint density at radius 2 is 1.95 bits per heavy atom. The zero-order valence-electron chi connectivity index (χ0n) is 11.7. The van der Waals surface area contributed by atoms with Crippen LogP contribution in [0.15, 0.2) is 48.5 Å². The smallest absolute Gasteiger partial charge is 0.532 e. The van der Waals surface area contributed by atoms with Crippen molar-refractivity contribution in [2.24, 2.45) is 0 Å². The lowest BCUT2D eigenvalue weighted by Gasteiger charge is -2.30. The van der Waals surface area contributed by atoms with Gasteiger partial charge in [-0.1, -0.05) is 37.3 Å². The first kappa shape index (κ1) is 13.1. The lowest BCUT2D eigenvalue weighted by atomic mass is 9.76. The molecule has 0 aliphatic carbocycles. The van der Waals surface area contributed by atoms with E-state index >= 15 is 0 Å². The summed E-state index contributed by atoms with van der Waals surface area (Å²) >= 11 is 0. The summed E-state index contributed by atoms with van der Waals surface area (Å²) in [5.41, 5.74) is 2.11. The molecule has 2 aromatic rings. The van der Waals surface area contributed by atoms with Gasteiger partial charge in [0.05, 0.1) is 13.2 Å². The molecule has 0 amide bonds. The van der Waals surface area contributed by atoms with E-state index in [9.17, 15) is 0 Å². The summed E-state index contributed by atoms with van der Waals surface area (Å²) in [6, 6.07) is 15.9. The van der Waals surface area contributed by atoms with Crippen LogP contribution in [0, 0.1) is 0 Å². The first-order valence-corrected chi connectivity index (χ1v) is 6.87. The second kappa shape index (κ2) is 5.59. The highest BCUT2D eigenvalue weighted by molar-refractivity contribution is 6.62. The minimum absolute atomic E-state index is 0.0508. The zero-order valence-corrected chi connectivity index (χ0v) is 11.7. The molecule has 4 heteroatoms. The molecule has 20 heavy (non-hydrogen) atoms. The molecule has 0 spiro atoms. The summed E-state index contributed by atoms with van der Waals surface area (Å²) in [5, 5.41) is 0. The first-order chi connectivity index (χ1) is 9.81. The molecule has 3 rings (SSSR count). The topological polar surface area (TPSA) is 27.7 Å². The second-order valence-corrected chi connectivity index (χ2v) is 4.80. The van der Waals surface area contributed by atoms with E-state index in [2.05, 4.69) is 6.92 Å². The van der Waals surface area contributed by atoms with Crippen molar-refractivity contribution in [3.63, 3.8) is 0 Å². The average molecular weight is 268 g/mol. The van der Waals surface area contributed by atoms with Crippen LogP contribution >= 0.6 is 0 Å². The van der Waals surface area contributed by atoms with E-state index in [1.807, 2.05) is 48.5 Å². The Labute approximate surface area is 119 Å². The summed E-state index contributed by atoms with van der Waals surface area (Å²) < 4.78 is 17.3. The molecular formula is C16H17BO3. The summed E-state index contributed by atoms with van der Waals surface area (Å²) in [5.74, 6) is 1.64. The van der Waals surface area contributed by atoms with Crippen molar-refractivity contribution in [3.05, 3.63) is 54.1 Å². The van der Waals surface area contributed by atoms with Crippen molar-refractivity contribution in [3.8, 4) is 11.5 Å². The number of ether oxygens (including phenoxy) is 1. The molecule has 1 aliphatic rings. The van der Waals surface area contributed by atoms with Gasteiger partial charge in [-0.15, -0.1) is 0 Å². The Hall–Kier alpha value is -1.94. The number of rotatable bonds is 3. The fraction of sp³-hybridized carbons (Fsp3) is 0.250. The van der Waals surface area contributed by atoms with E-state index in [0.717, 1.165) is 28.9 Å². The average Bonchev–Trinajstić information content (AvgIpc) is 2.54. The zero-order chi connectivity index (χ0) is 13.9. The van der Waals surface area contributed by atoms with Crippen LogP contribution in [0.25, 0.3) is 0 Å². The van der Waals surface area contributed by atoms with Gasteiger partial charge in [0.1, 0.15) is 11.5 Å². The van der Waals surface area contributed by atoms with Gasteiger partial charge in [-0.2, -0.15) is 0 Å². The summed E-state index contributed by atoms with van der Waals surface area (Å²) in [6.07, 6.45) is 0.960. The fourth-order valence-electron chi connectivity index (χ4n) is 2.45. The third-order valence-corrected chi connectivity index (χ3v) is 3.53. The monoisotopic (exact) mass is 268 g/mol. The molecule has 0 bridgehead atoms. The van der Waals surface area contributed by atoms with Crippen molar-refractivity contribution in [1.29, 1.82) is 0 Å².